The van der Waals surface area contributed by atoms with Gasteiger partial charge in [0.05, 0.1) is 24.4 Å². The molecule has 0 saturated heterocycles. The summed E-state index contributed by atoms with van der Waals surface area (Å²) in [6.45, 7) is 1.80. The van der Waals surface area contributed by atoms with Crippen LogP contribution in [0.2, 0.25) is 0 Å². The van der Waals surface area contributed by atoms with E-state index in [9.17, 15) is 4.79 Å². The molecule has 0 heterocycles. The first kappa shape index (κ1) is 18.6. The predicted molar refractivity (Wildman–Crippen MR) is 100 cm³/mol. The van der Waals surface area contributed by atoms with Gasteiger partial charge >= 0.3 is 0 Å². The topological polar surface area (TPSA) is 56.8 Å². The maximum atomic E-state index is 12.2. The fourth-order valence-electron chi connectivity index (χ4n) is 2.10. The first-order chi connectivity index (χ1) is 11.4. The highest BCUT2D eigenvalue weighted by molar-refractivity contribution is 9.11. The summed E-state index contributed by atoms with van der Waals surface area (Å²) in [5.74, 6) is 1.52. The Kier molecular flexibility index (Phi) is 6.51. The number of benzene rings is 2. The molecule has 5 nitrogen and oxygen atoms in total. The summed E-state index contributed by atoms with van der Waals surface area (Å²) < 4.78 is 17.7. The van der Waals surface area contributed by atoms with Crippen molar-refractivity contribution in [2.24, 2.45) is 0 Å². The zero-order valence-corrected chi connectivity index (χ0v) is 16.7. The van der Waals surface area contributed by atoms with Gasteiger partial charge in [0.1, 0.15) is 17.2 Å². The third-order valence-corrected chi connectivity index (χ3v) is 4.27. The number of methoxy groups -OCH3 is 2. The number of hydrogen-bond acceptors (Lipinski definition) is 4. The second kappa shape index (κ2) is 8.39. The average molecular weight is 459 g/mol. The van der Waals surface area contributed by atoms with Gasteiger partial charge in [-0.1, -0.05) is 15.9 Å². The summed E-state index contributed by atoms with van der Waals surface area (Å²) in [6.07, 6.45) is 0. The highest BCUT2D eigenvalue weighted by atomic mass is 79.9. The molecule has 24 heavy (non-hydrogen) atoms. The number of ether oxygens (including phenoxy) is 3. The SMILES string of the molecule is COc1ccc(NC(=O)COc2c(C)cc(Br)cc2Br)c(OC)c1. The summed E-state index contributed by atoms with van der Waals surface area (Å²) >= 11 is 6.84. The molecular formula is C17H17Br2NO4. The van der Waals surface area contributed by atoms with Crippen molar-refractivity contribution in [2.75, 3.05) is 26.1 Å². The molecule has 0 unspecified atom stereocenters. The van der Waals surface area contributed by atoms with Crippen molar-refractivity contribution in [1.29, 1.82) is 0 Å². The number of rotatable bonds is 6. The fourth-order valence-corrected chi connectivity index (χ4v) is 3.65. The Bertz CT molecular complexity index is 726. The Morgan fingerprint density at radius 3 is 2.50 bits per heavy atom. The molecule has 0 atom stereocenters. The number of halogens is 2. The quantitative estimate of drug-likeness (QED) is 0.689. The van der Waals surface area contributed by atoms with Gasteiger partial charge in [-0.15, -0.1) is 0 Å². The van der Waals surface area contributed by atoms with Gasteiger partial charge in [0.2, 0.25) is 0 Å². The van der Waals surface area contributed by atoms with Gasteiger partial charge in [-0.2, -0.15) is 0 Å². The van der Waals surface area contributed by atoms with Crippen molar-refractivity contribution in [2.45, 2.75) is 6.92 Å². The van der Waals surface area contributed by atoms with Crippen molar-refractivity contribution in [3.63, 3.8) is 0 Å². The lowest BCUT2D eigenvalue weighted by Crippen LogP contribution is -2.21. The van der Waals surface area contributed by atoms with Crippen LogP contribution in [0.1, 0.15) is 5.56 Å². The number of nitrogens with one attached hydrogen (secondary N) is 1. The second-order valence-electron chi connectivity index (χ2n) is 4.94. The van der Waals surface area contributed by atoms with Crippen molar-refractivity contribution >= 4 is 43.5 Å². The molecule has 7 heteroatoms. The van der Waals surface area contributed by atoms with Crippen molar-refractivity contribution < 1.29 is 19.0 Å². The minimum Gasteiger partial charge on any atom is -0.497 e. The van der Waals surface area contributed by atoms with Gasteiger partial charge in [0.15, 0.2) is 6.61 Å². The van der Waals surface area contributed by atoms with Crippen LogP contribution in [0.15, 0.2) is 39.3 Å². The molecule has 0 aliphatic rings. The molecule has 0 saturated carbocycles. The lowest BCUT2D eigenvalue weighted by Gasteiger charge is -2.14. The summed E-state index contributed by atoms with van der Waals surface area (Å²) in [6, 6.07) is 8.95. The molecule has 0 spiro atoms. The van der Waals surface area contributed by atoms with Gasteiger partial charge in [0, 0.05) is 10.5 Å². The Labute approximate surface area is 157 Å². The zero-order chi connectivity index (χ0) is 17.7. The fraction of sp³-hybridized carbons (Fsp3) is 0.235. The predicted octanol–water partition coefficient (Wildman–Crippen LogP) is 4.55. The summed E-state index contributed by atoms with van der Waals surface area (Å²) in [7, 11) is 3.10. The molecule has 128 valence electrons. The molecule has 0 fully saturated rings. The molecule has 2 aromatic rings. The molecule has 2 rings (SSSR count). The molecule has 0 bridgehead atoms. The lowest BCUT2D eigenvalue weighted by molar-refractivity contribution is -0.118. The molecule has 0 aliphatic carbocycles. The van der Waals surface area contributed by atoms with E-state index in [0.717, 1.165) is 14.5 Å². The zero-order valence-electron chi connectivity index (χ0n) is 13.5. The number of anilines is 1. The Morgan fingerprint density at radius 1 is 1.12 bits per heavy atom. The minimum absolute atomic E-state index is 0.115. The van der Waals surface area contributed by atoms with E-state index < -0.39 is 0 Å². The number of hydrogen-bond donors (Lipinski definition) is 1. The lowest BCUT2D eigenvalue weighted by atomic mass is 10.2. The highest BCUT2D eigenvalue weighted by Crippen LogP contribution is 2.32. The van der Waals surface area contributed by atoms with Crippen molar-refractivity contribution in [3.8, 4) is 17.2 Å². The van der Waals surface area contributed by atoms with Crippen LogP contribution in [0.25, 0.3) is 0 Å². The largest absolute Gasteiger partial charge is 0.497 e. The maximum Gasteiger partial charge on any atom is 0.262 e. The van der Waals surface area contributed by atoms with E-state index >= 15 is 0 Å². The first-order valence-electron chi connectivity index (χ1n) is 7.05. The van der Waals surface area contributed by atoms with E-state index in [1.54, 1.807) is 25.3 Å². The monoisotopic (exact) mass is 457 g/mol. The molecule has 0 radical (unpaired) electrons. The van der Waals surface area contributed by atoms with E-state index in [1.807, 2.05) is 19.1 Å². The molecule has 0 aromatic heterocycles. The number of aryl methyl sites for hydroxylation is 1. The van der Waals surface area contributed by atoms with Crippen molar-refractivity contribution in [1.82, 2.24) is 0 Å². The van der Waals surface area contributed by atoms with Gasteiger partial charge < -0.3 is 19.5 Å². The van der Waals surface area contributed by atoms with Gasteiger partial charge in [-0.3, -0.25) is 4.79 Å². The van der Waals surface area contributed by atoms with Crippen LogP contribution in [-0.4, -0.2) is 26.7 Å². The first-order valence-corrected chi connectivity index (χ1v) is 8.63. The number of carbonyl (C=O) groups excluding carboxylic acids is 1. The summed E-state index contributed by atoms with van der Waals surface area (Å²) in [4.78, 5) is 12.2. The third kappa shape index (κ3) is 4.64. The van der Waals surface area contributed by atoms with E-state index in [-0.39, 0.29) is 12.5 Å². The van der Waals surface area contributed by atoms with E-state index in [4.69, 9.17) is 14.2 Å². The Balaban J connectivity index is 2.04. The molecular weight excluding hydrogens is 442 g/mol. The highest BCUT2D eigenvalue weighted by Gasteiger charge is 2.12. The van der Waals surface area contributed by atoms with Gasteiger partial charge in [-0.25, -0.2) is 0 Å². The van der Waals surface area contributed by atoms with Crippen LogP contribution < -0.4 is 19.5 Å². The van der Waals surface area contributed by atoms with Crippen LogP contribution in [0.5, 0.6) is 17.2 Å². The van der Waals surface area contributed by atoms with E-state index in [2.05, 4.69) is 37.2 Å². The number of carbonyl (C=O) groups is 1. The molecule has 0 aliphatic heterocycles. The van der Waals surface area contributed by atoms with Crippen molar-refractivity contribution in [3.05, 3.63) is 44.8 Å². The standard InChI is InChI=1S/C17H17Br2NO4/c1-10-6-11(18)7-13(19)17(10)24-9-16(21)20-14-5-4-12(22-2)8-15(14)23-3/h4-8H,9H2,1-3H3,(H,20,21). The van der Waals surface area contributed by atoms with Crippen LogP contribution in [-0.2, 0) is 4.79 Å². The van der Waals surface area contributed by atoms with Gasteiger partial charge in [-0.05, 0) is 52.7 Å². The smallest absolute Gasteiger partial charge is 0.262 e. The summed E-state index contributed by atoms with van der Waals surface area (Å²) in [5.41, 5.74) is 1.48. The Hall–Kier alpha value is -1.73. The third-order valence-electron chi connectivity index (χ3n) is 3.22. The number of amides is 1. The normalized spacial score (nSPS) is 10.2. The second-order valence-corrected chi connectivity index (χ2v) is 6.71. The van der Waals surface area contributed by atoms with Crippen LogP contribution in [0.3, 0.4) is 0 Å². The van der Waals surface area contributed by atoms with Crippen LogP contribution in [0.4, 0.5) is 5.69 Å². The molecule has 2 aromatic carbocycles. The average Bonchev–Trinajstić information content (AvgIpc) is 2.54. The minimum atomic E-state index is -0.285. The van der Waals surface area contributed by atoms with Crippen LogP contribution >= 0.6 is 31.9 Å². The van der Waals surface area contributed by atoms with E-state index in [0.29, 0.717) is 22.9 Å². The Morgan fingerprint density at radius 2 is 1.88 bits per heavy atom. The molecule has 1 N–H and O–H groups in total. The van der Waals surface area contributed by atoms with Gasteiger partial charge in [0.25, 0.3) is 5.91 Å². The molecule has 1 amide bonds. The van der Waals surface area contributed by atoms with Crippen LogP contribution in [0, 0.1) is 6.92 Å². The summed E-state index contributed by atoms with van der Waals surface area (Å²) in [5, 5.41) is 2.76. The maximum absolute atomic E-state index is 12.2. The van der Waals surface area contributed by atoms with E-state index in [1.165, 1.54) is 7.11 Å².